The van der Waals surface area contributed by atoms with E-state index in [0.717, 1.165) is 6.54 Å². The highest BCUT2D eigenvalue weighted by molar-refractivity contribution is 5.81. The van der Waals surface area contributed by atoms with E-state index in [1.807, 2.05) is 0 Å². The highest BCUT2D eigenvalue weighted by atomic mass is 16.5. The molecule has 1 saturated heterocycles. The third-order valence-corrected chi connectivity index (χ3v) is 2.74. The first kappa shape index (κ1) is 13.4. The van der Waals surface area contributed by atoms with Crippen molar-refractivity contribution >= 4 is 5.91 Å². The smallest absolute Gasteiger partial charge is 0.250 e. The topological polar surface area (TPSA) is 59.6 Å². The molecule has 5 heteroatoms. The molecule has 5 nitrogen and oxygen atoms in total. The molecule has 2 atom stereocenters. The Kier molecular flexibility index (Phi) is 5.73. The van der Waals surface area contributed by atoms with Gasteiger partial charge in [-0.1, -0.05) is 13.8 Å². The third kappa shape index (κ3) is 4.08. The molecule has 1 amide bonds. The van der Waals surface area contributed by atoms with Crippen LogP contribution in [0.25, 0.3) is 0 Å². The van der Waals surface area contributed by atoms with Crippen LogP contribution in [0.4, 0.5) is 0 Å². The van der Waals surface area contributed by atoms with Crippen molar-refractivity contribution < 1.29 is 14.3 Å². The maximum absolute atomic E-state index is 11.7. The number of rotatable bonds is 5. The summed E-state index contributed by atoms with van der Waals surface area (Å²) in [6.45, 7) is 6.67. The van der Waals surface area contributed by atoms with Gasteiger partial charge in [0, 0.05) is 26.7 Å². The van der Waals surface area contributed by atoms with Gasteiger partial charge in [-0.3, -0.25) is 4.79 Å². The van der Waals surface area contributed by atoms with E-state index in [0.29, 0.717) is 25.6 Å². The van der Waals surface area contributed by atoms with E-state index in [2.05, 4.69) is 24.5 Å². The molecule has 1 fully saturated rings. The molecular formula is C11H22N2O3. The predicted molar refractivity (Wildman–Crippen MR) is 61.3 cm³/mol. The molecular weight excluding hydrogens is 208 g/mol. The summed E-state index contributed by atoms with van der Waals surface area (Å²) < 4.78 is 10.6. The molecule has 0 spiro atoms. The van der Waals surface area contributed by atoms with Gasteiger partial charge in [-0.2, -0.15) is 0 Å². The number of methoxy groups -OCH3 is 1. The van der Waals surface area contributed by atoms with Crippen molar-refractivity contribution in [3.05, 3.63) is 0 Å². The van der Waals surface area contributed by atoms with E-state index in [1.54, 1.807) is 7.11 Å². The molecule has 0 aromatic rings. The molecule has 0 aliphatic carbocycles. The van der Waals surface area contributed by atoms with Gasteiger partial charge in [0.25, 0.3) is 5.91 Å². The van der Waals surface area contributed by atoms with Crippen LogP contribution in [-0.2, 0) is 14.3 Å². The van der Waals surface area contributed by atoms with Crippen LogP contribution in [0, 0.1) is 5.92 Å². The van der Waals surface area contributed by atoms with E-state index in [1.165, 1.54) is 0 Å². The van der Waals surface area contributed by atoms with Gasteiger partial charge in [0.2, 0.25) is 0 Å². The number of amides is 1. The fourth-order valence-electron chi connectivity index (χ4n) is 1.64. The molecule has 1 heterocycles. The first-order valence-corrected chi connectivity index (χ1v) is 5.78. The summed E-state index contributed by atoms with van der Waals surface area (Å²) in [7, 11) is 1.66. The second kappa shape index (κ2) is 6.83. The summed E-state index contributed by atoms with van der Waals surface area (Å²) in [6, 6.07) is 0. The normalized spacial score (nSPS) is 23.1. The second-order valence-electron chi connectivity index (χ2n) is 4.33. The number of ether oxygens (including phenoxy) is 2. The summed E-state index contributed by atoms with van der Waals surface area (Å²) in [5, 5.41) is 5.98. The lowest BCUT2D eigenvalue weighted by Crippen LogP contribution is -2.49. The Morgan fingerprint density at radius 3 is 2.88 bits per heavy atom. The van der Waals surface area contributed by atoms with Gasteiger partial charge in [0.1, 0.15) is 6.10 Å². The van der Waals surface area contributed by atoms with Crippen molar-refractivity contribution in [1.29, 1.82) is 0 Å². The van der Waals surface area contributed by atoms with Crippen LogP contribution in [0.2, 0.25) is 0 Å². The maximum atomic E-state index is 11.7. The van der Waals surface area contributed by atoms with Crippen molar-refractivity contribution in [3.63, 3.8) is 0 Å². The number of hydrogen-bond donors (Lipinski definition) is 2. The lowest BCUT2D eigenvalue weighted by Gasteiger charge is -2.25. The molecule has 16 heavy (non-hydrogen) atoms. The largest absolute Gasteiger partial charge is 0.379 e. The minimum atomic E-state index is -0.363. The zero-order valence-corrected chi connectivity index (χ0v) is 10.3. The van der Waals surface area contributed by atoms with E-state index in [9.17, 15) is 4.79 Å². The van der Waals surface area contributed by atoms with E-state index in [4.69, 9.17) is 9.47 Å². The van der Waals surface area contributed by atoms with Crippen molar-refractivity contribution in [1.82, 2.24) is 10.6 Å². The molecule has 0 radical (unpaired) electrons. The average Bonchev–Trinajstić information content (AvgIpc) is 2.30. The zero-order valence-electron chi connectivity index (χ0n) is 10.3. The number of carbonyl (C=O) groups excluding carboxylic acids is 1. The molecule has 94 valence electrons. The van der Waals surface area contributed by atoms with Gasteiger partial charge in [0.15, 0.2) is 0 Å². The Hall–Kier alpha value is -0.650. The molecule has 1 rings (SSSR count). The lowest BCUT2D eigenvalue weighted by atomic mass is 10.1. The molecule has 0 aromatic heterocycles. The predicted octanol–water partition coefficient (Wildman–Crippen LogP) is -0.238. The Balaban J connectivity index is 2.27. The lowest BCUT2D eigenvalue weighted by molar-refractivity contribution is -0.134. The van der Waals surface area contributed by atoms with Gasteiger partial charge in [-0.05, 0) is 5.92 Å². The molecule has 0 saturated carbocycles. The zero-order chi connectivity index (χ0) is 12.0. The Labute approximate surface area is 96.9 Å². The quantitative estimate of drug-likeness (QED) is 0.684. The summed E-state index contributed by atoms with van der Waals surface area (Å²) in [5.41, 5.74) is 0. The molecule has 2 unspecified atom stereocenters. The highest BCUT2D eigenvalue weighted by Gasteiger charge is 2.22. The minimum Gasteiger partial charge on any atom is -0.379 e. The van der Waals surface area contributed by atoms with E-state index >= 15 is 0 Å². The number of carbonyl (C=O) groups is 1. The van der Waals surface area contributed by atoms with E-state index < -0.39 is 0 Å². The first-order valence-electron chi connectivity index (χ1n) is 5.78. The van der Waals surface area contributed by atoms with E-state index in [-0.39, 0.29) is 18.1 Å². The second-order valence-corrected chi connectivity index (χ2v) is 4.33. The van der Waals surface area contributed by atoms with Crippen LogP contribution in [0.15, 0.2) is 0 Å². The van der Waals surface area contributed by atoms with Gasteiger partial charge >= 0.3 is 0 Å². The Morgan fingerprint density at radius 1 is 1.62 bits per heavy atom. The number of morpholine rings is 1. The van der Waals surface area contributed by atoms with Crippen LogP contribution < -0.4 is 10.6 Å². The Bertz CT molecular complexity index is 215. The summed E-state index contributed by atoms with van der Waals surface area (Å²) in [4.78, 5) is 11.7. The third-order valence-electron chi connectivity index (χ3n) is 2.74. The van der Waals surface area contributed by atoms with Crippen molar-refractivity contribution in [2.45, 2.75) is 26.1 Å². The fraction of sp³-hybridized carbons (Fsp3) is 0.909. The van der Waals surface area contributed by atoms with Crippen molar-refractivity contribution in [2.75, 3.05) is 33.4 Å². The molecule has 1 aliphatic heterocycles. The van der Waals surface area contributed by atoms with Gasteiger partial charge < -0.3 is 20.1 Å². The summed E-state index contributed by atoms with van der Waals surface area (Å²) in [5.74, 6) is 0.325. The SMILES string of the molecule is COC(CNC(=O)C1CNCCO1)C(C)C. The highest BCUT2D eigenvalue weighted by Crippen LogP contribution is 2.04. The Morgan fingerprint density at radius 2 is 2.38 bits per heavy atom. The summed E-state index contributed by atoms with van der Waals surface area (Å²) >= 11 is 0. The number of nitrogens with one attached hydrogen (secondary N) is 2. The van der Waals surface area contributed by atoms with Gasteiger partial charge in [0.05, 0.1) is 12.7 Å². The fourth-order valence-corrected chi connectivity index (χ4v) is 1.64. The van der Waals surface area contributed by atoms with Crippen molar-refractivity contribution in [3.8, 4) is 0 Å². The molecule has 1 aliphatic rings. The van der Waals surface area contributed by atoms with Crippen LogP contribution in [0.1, 0.15) is 13.8 Å². The van der Waals surface area contributed by atoms with Crippen LogP contribution in [0.5, 0.6) is 0 Å². The number of hydrogen-bond acceptors (Lipinski definition) is 4. The first-order chi connectivity index (χ1) is 7.65. The van der Waals surface area contributed by atoms with Crippen LogP contribution >= 0.6 is 0 Å². The van der Waals surface area contributed by atoms with Crippen molar-refractivity contribution in [2.24, 2.45) is 5.92 Å². The van der Waals surface area contributed by atoms with Gasteiger partial charge in [-0.25, -0.2) is 0 Å². The molecule has 0 aromatic carbocycles. The standard InChI is InChI=1S/C11H22N2O3/c1-8(2)9(15-3)7-13-11(14)10-6-12-4-5-16-10/h8-10,12H,4-7H2,1-3H3,(H,13,14). The molecule has 0 bridgehead atoms. The minimum absolute atomic E-state index is 0.0560. The maximum Gasteiger partial charge on any atom is 0.250 e. The average molecular weight is 230 g/mol. The van der Waals surface area contributed by atoms with Crippen LogP contribution in [0.3, 0.4) is 0 Å². The monoisotopic (exact) mass is 230 g/mol. The van der Waals surface area contributed by atoms with Gasteiger partial charge in [-0.15, -0.1) is 0 Å². The summed E-state index contributed by atoms with van der Waals surface area (Å²) in [6.07, 6.45) is -0.307. The molecule has 2 N–H and O–H groups in total. The van der Waals surface area contributed by atoms with Crippen LogP contribution in [-0.4, -0.2) is 51.5 Å².